The van der Waals surface area contributed by atoms with E-state index in [9.17, 15) is 0 Å². The van der Waals surface area contributed by atoms with Crippen LogP contribution < -0.4 is 0 Å². The first-order valence-corrected chi connectivity index (χ1v) is 6.55. The molecule has 2 saturated heterocycles. The third-order valence-corrected chi connectivity index (χ3v) is 5.41. The van der Waals surface area contributed by atoms with Crippen LogP contribution in [0.25, 0.3) is 0 Å². The monoisotopic (exact) mass is 208 g/mol. The molecule has 4 atom stereocenters. The van der Waals surface area contributed by atoms with Gasteiger partial charge in [-0.1, -0.05) is 13.8 Å². The molecule has 0 aromatic rings. The summed E-state index contributed by atoms with van der Waals surface area (Å²) in [7, 11) is 0. The molecule has 0 aromatic carbocycles. The quantitative estimate of drug-likeness (QED) is 0.589. The lowest BCUT2D eigenvalue weighted by atomic mass is 9.80. The van der Waals surface area contributed by atoms with Gasteiger partial charge in [0.1, 0.15) is 0 Å². The van der Waals surface area contributed by atoms with Gasteiger partial charge in [0.05, 0.1) is 11.2 Å². The molecule has 0 unspecified atom stereocenters. The van der Waals surface area contributed by atoms with Crippen molar-refractivity contribution in [2.75, 3.05) is 0 Å². The van der Waals surface area contributed by atoms with E-state index >= 15 is 0 Å². The van der Waals surface area contributed by atoms with Crippen LogP contribution in [-0.4, -0.2) is 11.2 Å². The maximum absolute atomic E-state index is 6.43. The summed E-state index contributed by atoms with van der Waals surface area (Å²) in [4.78, 5) is 0. The van der Waals surface area contributed by atoms with Gasteiger partial charge in [0, 0.05) is 0 Å². The lowest BCUT2D eigenvalue weighted by Gasteiger charge is -2.40. The lowest BCUT2D eigenvalue weighted by Crippen LogP contribution is -2.40. The Labute approximate surface area is 93.6 Å². The first-order chi connectivity index (χ1) is 6.85. The fourth-order valence-electron chi connectivity index (χ4n) is 4.79. The first kappa shape index (κ1) is 10.1. The lowest BCUT2D eigenvalue weighted by molar-refractivity contribution is -0.143. The molecule has 2 heterocycles. The molecule has 3 fully saturated rings. The summed E-state index contributed by atoms with van der Waals surface area (Å²) in [6, 6.07) is 0. The van der Waals surface area contributed by atoms with E-state index in [0.717, 1.165) is 11.8 Å². The Kier molecular flexibility index (Phi) is 1.77. The van der Waals surface area contributed by atoms with Crippen LogP contribution in [0.4, 0.5) is 0 Å². The van der Waals surface area contributed by atoms with Crippen molar-refractivity contribution in [2.45, 2.75) is 71.0 Å². The van der Waals surface area contributed by atoms with E-state index in [2.05, 4.69) is 27.7 Å². The van der Waals surface area contributed by atoms with Crippen molar-refractivity contribution in [3.8, 4) is 0 Å². The molecule has 86 valence electrons. The van der Waals surface area contributed by atoms with Crippen molar-refractivity contribution in [1.29, 1.82) is 0 Å². The Bertz CT molecular complexity index is 270. The van der Waals surface area contributed by atoms with Gasteiger partial charge in [-0.3, -0.25) is 0 Å². The second kappa shape index (κ2) is 2.61. The van der Waals surface area contributed by atoms with Crippen LogP contribution in [0.2, 0.25) is 0 Å². The molecule has 1 aliphatic carbocycles. The molecule has 2 aliphatic heterocycles. The molecule has 0 spiro atoms. The van der Waals surface area contributed by atoms with Crippen LogP contribution in [0.1, 0.15) is 59.8 Å². The van der Waals surface area contributed by atoms with Gasteiger partial charge < -0.3 is 4.74 Å². The molecule has 0 amide bonds. The average molecular weight is 208 g/mol. The molecule has 1 heteroatoms. The van der Waals surface area contributed by atoms with Crippen LogP contribution in [0, 0.1) is 17.3 Å². The number of ether oxygens (including phenoxy) is 1. The minimum atomic E-state index is 0.214. The van der Waals surface area contributed by atoms with Gasteiger partial charge in [-0.25, -0.2) is 0 Å². The minimum Gasteiger partial charge on any atom is -0.369 e. The highest BCUT2D eigenvalue weighted by atomic mass is 16.5. The molecule has 1 saturated carbocycles. The SMILES string of the molecule is CC1(C)C[C@@H]2[C@H](C1)[C@@]1(C)CCC[C@]2(C)O1. The van der Waals surface area contributed by atoms with E-state index in [4.69, 9.17) is 4.74 Å². The average Bonchev–Trinajstić information content (AvgIpc) is 2.47. The number of hydrogen-bond donors (Lipinski definition) is 0. The van der Waals surface area contributed by atoms with Crippen LogP contribution in [0.15, 0.2) is 0 Å². The van der Waals surface area contributed by atoms with Crippen LogP contribution in [-0.2, 0) is 4.74 Å². The number of rotatable bonds is 0. The zero-order valence-corrected chi connectivity index (χ0v) is 10.6. The molecule has 3 rings (SSSR count). The Morgan fingerprint density at radius 1 is 0.867 bits per heavy atom. The summed E-state index contributed by atoms with van der Waals surface area (Å²) in [6.07, 6.45) is 6.72. The molecule has 0 aromatic heterocycles. The molecule has 3 aliphatic rings. The van der Waals surface area contributed by atoms with Crippen molar-refractivity contribution in [3.05, 3.63) is 0 Å². The predicted molar refractivity (Wildman–Crippen MR) is 61.7 cm³/mol. The molecule has 2 bridgehead atoms. The highest BCUT2D eigenvalue weighted by Crippen LogP contribution is 2.64. The zero-order chi connectivity index (χ0) is 10.9. The molecular weight excluding hydrogens is 184 g/mol. The Morgan fingerprint density at radius 3 is 1.80 bits per heavy atom. The van der Waals surface area contributed by atoms with Gasteiger partial charge in [0.25, 0.3) is 0 Å². The third-order valence-electron chi connectivity index (χ3n) is 5.41. The summed E-state index contributed by atoms with van der Waals surface area (Å²) in [5.74, 6) is 1.67. The maximum atomic E-state index is 6.43. The van der Waals surface area contributed by atoms with Crippen molar-refractivity contribution in [2.24, 2.45) is 17.3 Å². The van der Waals surface area contributed by atoms with Gasteiger partial charge in [0.2, 0.25) is 0 Å². The molecule has 0 N–H and O–H groups in total. The topological polar surface area (TPSA) is 9.23 Å². The summed E-state index contributed by atoms with van der Waals surface area (Å²) in [5.41, 5.74) is 0.982. The van der Waals surface area contributed by atoms with Gasteiger partial charge in [-0.15, -0.1) is 0 Å². The summed E-state index contributed by atoms with van der Waals surface area (Å²) in [5, 5.41) is 0. The second-order valence-electron chi connectivity index (χ2n) is 7.37. The summed E-state index contributed by atoms with van der Waals surface area (Å²) < 4.78 is 6.43. The van der Waals surface area contributed by atoms with Gasteiger partial charge in [-0.2, -0.15) is 0 Å². The van der Waals surface area contributed by atoms with E-state index < -0.39 is 0 Å². The molecule has 15 heavy (non-hydrogen) atoms. The Morgan fingerprint density at radius 2 is 1.33 bits per heavy atom. The van der Waals surface area contributed by atoms with Crippen molar-refractivity contribution in [1.82, 2.24) is 0 Å². The maximum Gasteiger partial charge on any atom is 0.0694 e. The highest BCUT2D eigenvalue weighted by Gasteiger charge is 2.63. The highest BCUT2D eigenvalue weighted by molar-refractivity contribution is 5.12. The van der Waals surface area contributed by atoms with Crippen LogP contribution >= 0.6 is 0 Å². The van der Waals surface area contributed by atoms with Crippen LogP contribution in [0.5, 0.6) is 0 Å². The predicted octanol–water partition coefficient (Wildman–Crippen LogP) is 3.77. The smallest absolute Gasteiger partial charge is 0.0694 e. The third kappa shape index (κ3) is 1.25. The van der Waals surface area contributed by atoms with E-state index in [-0.39, 0.29) is 11.2 Å². The minimum absolute atomic E-state index is 0.214. The molecule has 0 radical (unpaired) electrons. The fourth-order valence-corrected chi connectivity index (χ4v) is 4.79. The summed E-state index contributed by atoms with van der Waals surface area (Å²) >= 11 is 0. The Hall–Kier alpha value is -0.0400. The number of fused-ring (bicyclic) bond motifs is 5. The fraction of sp³-hybridized carbons (Fsp3) is 1.00. The van der Waals surface area contributed by atoms with E-state index in [1.807, 2.05) is 0 Å². The number of hydrogen-bond acceptors (Lipinski definition) is 1. The summed E-state index contributed by atoms with van der Waals surface area (Å²) in [6.45, 7) is 9.62. The Balaban J connectivity index is 1.99. The van der Waals surface area contributed by atoms with Gasteiger partial charge in [0.15, 0.2) is 0 Å². The van der Waals surface area contributed by atoms with E-state index in [1.165, 1.54) is 32.1 Å². The van der Waals surface area contributed by atoms with Crippen molar-refractivity contribution >= 4 is 0 Å². The zero-order valence-electron chi connectivity index (χ0n) is 10.6. The van der Waals surface area contributed by atoms with Gasteiger partial charge >= 0.3 is 0 Å². The normalized spacial score (nSPS) is 56.8. The van der Waals surface area contributed by atoms with Crippen LogP contribution in [0.3, 0.4) is 0 Å². The molecule has 1 nitrogen and oxygen atoms in total. The second-order valence-corrected chi connectivity index (χ2v) is 7.37. The first-order valence-electron chi connectivity index (χ1n) is 6.55. The largest absolute Gasteiger partial charge is 0.369 e. The molecular formula is C14H24O. The van der Waals surface area contributed by atoms with Gasteiger partial charge in [-0.05, 0) is 63.2 Å². The van der Waals surface area contributed by atoms with E-state index in [0.29, 0.717) is 5.41 Å². The van der Waals surface area contributed by atoms with E-state index in [1.54, 1.807) is 0 Å². The standard InChI is InChI=1S/C14H24O/c1-12(2)8-10-11(9-12)14(4)7-5-6-13(10,3)15-14/h10-11H,5-9H2,1-4H3/t10-,11+,13+,14-. The van der Waals surface area contributed by atoms with Crippen molar-refractivity contribution < 1.29 is 4.74 Å². The van der Waals surface area contributed by atoms with Crippen molar-refractivity contribution in [3.63, 3.8) is 0 Å².